The van der Waals surface area contributed by atoms with Crippen LogP contribution in [0.2, 0.25) is 0 Å². The minimum Gasteiger partial charge on any atom is -0.474 e. The third-order valence-electron chi connectivity index (χ3n) is 6.90. The number of ether oxygens (including phenoxy) is 1. The van der Waals surface area contributed by atoms with Crippen molar-refractivity contribution >= 4 is 11.8 Å². The first-order valence-corrected chi connectivity index (χ1v) is 11.3. The van der Waals surface area contributed by atoms with Crippen molar-refractivity contribution in [2.75, 3.05) is 0 Å². The number of benzene rings is 1. The van der Waals surface area contributed by atoms with Crippen LogP contribution in [0.15, 0.2) is 42.7 Å². The topological polar surface area (TPSA) is 136 Å². The molecule has 1 aromatic carbocycles. The number of hydrogen-bond acceptors (Lipinski definition) is 6. The van der Waals surface area contributed by atoms with E-state index in [1.165, 1.54) is 23.0 Å². The van der Waals surface area contributed by atoms with E-state index in [9.17, 15) is 14.0 Å². The predicted octanol–water partition coefficient (Wildman–Crippen LogP) is 2.81. The van der Waals surface area contributed by atoms with Crippen molar-refractivity contribution in [1.82, 2.24) is 20.1 Å². The summed E-state index contributed by atoms with van der Waals surface area (Å²) in [6, 6.07) is 9.27. The van der Waals surface area contributed by atoms with Gasteiger partial charge in [-0.25, -0.2) is 14.1 Å². The molecule has 0 unspecified atom stereocenters. The van der Waals surface area contributed by atoms with E-state index in [0.717, 1.165) is 25.7 Å². The maximum atomic E-state index is 14.0. The Balaban J connectivity index is 1.16. The van der Waals surface area contributed by atoms with Crippen LogP contribution in [0.1, 0.15) is 57.7 Å². The van der Waals surface area contributed by atoms with Crippen LogP contribution in [0.25, 0.3) is 5.69 Å². The Labute approximate surface area is 200 Å². The standard InChI is InChI=1S/C25H23FN6O3/c1-14-20(13-30-32(14)17-5-4-15(12-27)21(26)7-17)23(34)31-16-8-25(9-16)10-18(11-25)35-24-19(22(28)33)3-2-6-29-24/h2-7,13,16,18H,8-11H2,1H3,(H2,28,33)(H,31,34). The third-order valence-corrected chi connectivity index (χ3v) is 6.90. The molecule has 2 aromatic heterocycles. The quantitative estimate of drug-likeness (QED) is 0.564. The summed E-state index contributed by atoms with van der Waals surface area (Å²) in [5.74, 6) is -1.17. The highest BCUT2D eigenvalue weighted by atomic mass is 19.1. The Bertz CT molecular complexity index is 1360. The van der Waals surface area contributed by atoms with Crippen molar-refractivity contribution < 1.29 is 18.7 Å². The molecule has 2 heterocycles. The van der Waals surface area contributed by atoms with E-state index in [4.69, 9.17) is 15.7 Å². The summed E-state index contributed by atoms with van der Waals surface area (Å²) < 4.78 is 21.4. The van der Waals surface area contributed by atoms with Crippen molar-refractivity contribution in [3.05, 3.63) is 70.9 Å². The van der Waals surface area contributed by atoms with Gasteiger partial charge in [0, 0.05) is 18.3 Å². The molecular formula is C25H23FN6O3. The predicted molar refractivity (Wildman–Crippen MR) is 122 cm³/mol. The number of aromatic nitrogens is 3. The number of rotatable bonds is 6. The van der Waals surface area contributed by atoms with E-state index in [0.29, 0.717) is 16.9 Å². The van der Waals surface area contributed by atoms with Crippen molar-refractivity contribution in [3.8, 4) is 17.6 Å². The smallest absolute Gasteiger partial charge is 0.254 e. The molecule has 0 bridgehead atoms. The van der Waals surface area contributed by atoms with Gasteiger partial charge in [-0.2, -0.15) is 10.4 Å². The van der Waals surface area contributed by atoms with Crippen LogP contribution in [-0.4, -0.2) is 38.7 Å². The van der Waals surface area contributed by atoms with E-state index >= 15 is 0 Å². The van der Waals surface area contributed by atoms with E-state index in [1.807, 2.05) is 0 Å². The molecule has 2 fully saturated rings. The van der Waals surface area contributed by atoms with Gasteiger partial charge in [0.25, 0.3) is 11.8 Å². The van der Waals surface area contributed by atoms with Gasteiger partial charge >= 0.3 is 0 Å². The van der Waals surface area contributed by atoms with Gasteiger partial charge in [-0.15, -0.1) is 0 Å². The van der Waals surface area contributed by atoms with Gasteiger partial charge in [-0.1, -0.05) is 0 Å². The zero-order chi connectivity index (χ0) is 24.7. The largest absolute Gasteiger partial charge is 0.474 e. The van der Waals surface area contributed by atoms with Gasteiger partial charge in [0.15, 0.2) is 0 Å². The first-order valence-electron chi connectivity index (χ1n) is 11.3. The number of halogens is 1. The number of nitriles is 1. The normalized spacial score (nSPS) is 22.5. The zero-order valence-electron chi connectivity index (χ0n) is 19.0. The number of amides is 2. The lowest BCUT2D eigenvalue weighted by Gasteiger charge is -2.57. The summed E-state index contributed by atoms with van der Waals surface area (Å²) in [5.41, 5.74) is 7.17. The van der Waals surface area contributed by atoms with Crippen LogP contribution >= 0.6 is 0 Å². The molecule has 3 aromatic rings. The van der Waals surface area contributed by atoms with E-state index in [-0.39, 0.29) is 40.5 Å². The van der Waals surface area contributed by atoms with Crippen LogP contribution in [0.5, 0.6) is 5.88 Å². The van der Waals surface area contributed by atoms with Gasteiger partial charge in [0.1, 0.15) is 23.6 Å². The number of hydrogen-bond donors (Lipinski definition) is 2. The highest BCUT2D eigenvalue weighted by Gasteiger charge is 2.54. The Morgan fingerprint density at radius 1 is 1.26 bits per heavy atom. The summed E-state index contributed by atoms with van der Waals surface area (Å²) in [6.07, 6.45) is 6.34. The lowest BCUT2D eigenvalue weighted by atomic mass is 9.53. The monoisotopic (exact) mass is 474 g/mol. The molecule has 35 heavy (non-hydrogen) atoms. The van der Waals surface area contributed by atoms with Gasteiger partial charge < -0.3 is 15.8 Å². The fraction of sp³-hybridized carbons (Fsp3) is 0.320. The summed E-state index contributed by atoms with van der Waals surface area (Å²) >= 11 is 0. The second-order valence-corrected chi connectivity index (χ2v) is 9.28. The lowest BCUT2D eigenvalue weighted by molar-refractivity contribution is -0.0848. The Morgan fingerprint density at radius 3 is 2.71 bits per heavy atom. The van der Waals surface area contributed by atoms with Crippen molar-refractivity contribution in [2.24, 2.45) is 11.1 Å². The lowest BCUT2D eigenvalue weighted by Crippen LogP contribution is -2.58. The summed E-state index contributed by atoms with van der Waals surface area (Å²) in [4.78, 5) is 28.5. The SMILES string of the molecule is Cc1c(C(=O)NC2CC3(C2)CC(Oc2ncccc2C(N)=O)C3)cnn1-c1ccc(C#N)c(F)c1. The van der Waals surface area contributed by atoms with E-state index in [2.05, 4.69) is 15.4 Å². The fourth-order valence-corrected chi connectivity index (χ4v) is 5.12. The van der Waals surface area contributed by atoms with E-state index in [1.54, 1.807) is 37.4 Å². The Morgan fingerprint density at radius 2 is 2.03 bits per heavy atom. The molecule has 0 aliphatic heterocycles. The number of carbonyl (C=O) groups is 2. The molecule has 3 N–H and O–H groups in total. The summed E-state index contributed by atoms with van der Waals surface area (Å²) in [7, 11) is 0. The van der Waals surface area contributed by atoms with Crippen LogP contribution in [-0.2, 0) is 0 Å². The molecule has 9 nitrogen and oxygen atoms in total. The molecular weight excluding hydrogens is 451 g/mol. The van der Waals surface area contributed by atoms with Crippen LogP contribution in [0.3, 0.4) is 0 Å². The van der Waals surface area contributed by atoms with Gasteiger partial charge in [-0.3, -0.25) is 9.59 Å². The number of nitrogens with two attached hydrogens (primary N) is 1. The highest BCUT2D eigenvalue weighted by Crippen LogP contribution is 2.56. The van der Waals surface area contributed by atoms with Crippen molar-refractivity contribution in [1.29, 1.82) is 5.26 Å². The van der Waals surface area contributed by atoms with Crippen LogP contribution < -0.4 is 15.8 Å². The zero-order valence-corrected chi connectivity index (χ0v) is 19.0. The number of carbonyl (C=O) groups excluding carboxylic acids is 2. The van der Waals surface area contributed by atoms with E-state index < -0.39 is 11.7 Å². The molecule has 2 saturated carbocycles. The highest BCUT2D eigenvalue weighted by molar-refractivity contribution is 5.95. The van der Waals surface area contributed by atoms with Crippen molar-refractivity contribution in [3.63, 3.8) is 0 Å². The second-order valence-electron chi connectivity index (χ2n) is 9.28. The summed E-state index contributed by atoms with van der Waals surface area (Å²) in [5, 5.41) is 16.2. The van der Waals surface area contributed by atoms with Crippen LogP contribution in [0, 0.1) is 29.5 Å². The molecule has 2 amide bonds. The van der Waals surface area contributed by atoms with Gasteiger partial charge in [0.05, 0.1) is 28.7 Å². The molecule has 2 aliphatic rings. The minimum absolute atomic E-state index is 0.0343. The minimum atomic E-state index is -0.637. The average Bonchev–Trinajstić information content (AvgIpc) is 3.17. The Hall–Kier alpha value is -4.26. The van der Waals surface area contributed by atoms with Crippen molar-refractivity contribution in [2.45, 2.75) is 44.8 Å². The fourth-order valence-electron chi connectivity index (χ4n) is 5.12. The molecule has 0 saturated heterocycles. The van der Waals surface area contributed by atoms with Gasteiger partial charge in [-0.05, 0) is 62.3 Å². The number of nitrogens with zero attached hydrogens (tertiary/aromatic N) is 4. The second kappa shape index (κ2) is 8.51. The molecule has 178 valence electrons. The first-order chi connectivity index (χ1) is 16.8. The Kier molecular flexibility index (Phi) is 5.47. The molecule has 5 rings (SSSR count). The number of primary amides is 1. The van der Waals surface area contributed by atoms with Gasteiger partial charge in [0.2, 0.25) is 5.88 Å². The molecule has 10 heteroatoms. The third kappa shape index (κ3) is 4.10. The first kappa shape index (κ1) is 22.5. The molecule has 0 radical (unpaired) electrons. The summed E-state index contributed by atoms with van der Waals surface area (Å²) in [6.45, 7) is 1.74. The maximum Gasteiger partial charge on any atom is 0.254 e. The molecule has 0 atom stereocenters. The number of pyridine rings is 1. The molecule has 1 spiro atoms. The average molecular weight is 474 g/mol. The van der Waals surface area contributed by atoms with Crippen LogP contribution in [0.4, 0.5) is 4.39 Å². The maximum absolute atomic E-state index is 14.0. The molecule has 2 aliphatic carbocycles. The number of nitrogens with one attached hydrogen (secondary N) is 1.